The smallest absolute Gasteiger partial charge is 0.226 e. The van der Waals surface area contributed by atoms with Crippen LogP contribution in [-0.2, 0) is 17.8 Å². The number of piperidine rings is 2. The standard InChI is InChI=1S/C37H39N5O3S/c1-26-11-12-29(22-38-26)35-39-23-30(46-35)24-41-17-13-32(33(25-41)27-7-3-2-4-8-27)36(43)42-18-15-37(44,16-19-42)21-28-9-5-6-10-31(28)34-14-20-45-40-34/h2-12,14,20,22-23,32-33,44H,13,15-19,21,24-25H2,1H3/t32-,33+/m1/s1. The molecule has 0 saturated carbocycles. The van der Waals surface area contributed by atoms with Crippen molar-refractivity contribution in [3.63, 3.8) is 0 Å². The van der Waals surface area contributed by atoms with E-state index in [1.807, 2.05) is 66.7 Å². The fourth-order valence-electron chi connectivity index (χ4n) is 7.01. The van der Waals surface area contributed by atoms with Crippen molar-refractivity contribution in [3.8, 4) is 21.8 Å². The normalized spacial score (nSPS) is 20.1. The number of likely N-dealkylation sites (tertiary alicyclic amines) is 2. The first kappa shape index (κ1) is 30.5. The summed E-state index contributed by atoms with van der Waals surface area (Å²) in [5, 5.41) is 16.7. The van der Waals surface area contributed by atoms with Gasteiger partial charge in [0, 0.05) is 84.6 Å². The summed E-state index contributed by atoms with van der Waals surface area (Å²) < 4.78 is 5.07. The third kappa shape index (κ3) is 6.67. The molecule has 9 heteroatoms. The minimum absolute atomic E-state index is 0.0895. The molecular formula is C37H39N5O3S. The van der Waals surface area contributed by atoms with Gasteiger partial charge in [-0.05, 0) is 56.0 Å². The van der Waals surface area contributed by atoms with E-state index in [-0.39, 0.29) is 17.7 Å². The van der Waals surface area contributed by atoms with Gasteiger partial charge < -0.3 is 14.5 Å². The summed E-state index contributed by atoms with van der Waals surface area (Å²) in [4.78, 5) is 28.9. The number of carbonyl (C=O) groups is 1. The Labute approximate surface area is 273 Å². The quantitative estimate of drug-likeness (QED) is 0.212. The molecule has 0 radical (unpaired) electrons. The van der Waals surface area contributed by atoms with Crippen molar-refractivity contribution in [2.45, 2.75) is 50.7 Å². The zero-order valence-electron chi connectivity index (χ0n) is 26.1. The molecule has 2 aliphatic rings. The van der Waals surface area contributed by atoms with Gasteiger partial charge in [0.25, 0.3) is 0 Å². The second kappa shape index (κ2) is 13.3. The molecule has 0 spiro atoms. The molecular weight excluding hydrogens is 595 g/mol. The van der Waals surface area contributed by atoms with E-state index in [2.05, 4.69) is 50.4 Å². The summed E-state index contributed by atoms with van der Waals surface area (Å²) in [6.07, 6.45) is 7.85. The summed E-state index contributed by atoms with van der Waals surface area (Å²) in [6.45, 7) is 5.59. The molecule has 3 aromatic heterocycles. The van der Waals surface area contributed by atoms with Gasteiger partial charge in [0.05, 0.1) is 5.60 Å². The number of thiazole rings is 1. The van der Waals surface area contributed by atoms with E-state index in [0.717, 1.165) is 59.1 Å². The number of aromatic nitrogens is 3. The topological polar surface area (TPSA) is 95.6 Å². The first-order valence-electron chi connectivity index (χ1n) is 16.1. The van der Waals surface area contributed by atoms with Crippen LogP contribution in [0.15, 0.2) is 96.0 Å². The molecule has 0 aliphatic carbocycles. The SMILES string of the molecule is Cc1ccc(-c2ncc(CN3CC[C@@H](C(=O)N4CCC(O)(Cc5ccccc5-c5ccon5)CC4)[C@H](c4ccccc4)C3)s2)cn1. The van der Waals surface area contributed by atoms with E-state index in [0.29, 0.717) is 32.4 Å². The largest absolute Gasteiger partial charge is 0.389 e. The Hall–Kier alpha value is -4.18. The van der Waals surface area contributed by atoms with Crippen LogP contribution < -0.4 is 0 Å². The first-order chi connectivity index (χ1) is 22.4. The lowest BCUT2D eigenvalue weighted by Gasteiger charge is -2.43. The van der Waals surface area contributed by atoms with Crippen molar-refractivity contribution < 1.29 is 14.4 Å². The number of carbonyl (C=O) groups excluding carboxylic acids is 1. The van der Waals surface area contributed by atoms with E-state index in [9.17, 15) is 9.90 Å². The molecule has 1 amide bonds. The molecule has 1 N–H and O–H groups in total. The third-order valence-corrected chi connectivity index (χ3v) is 10.6. The number of amides is 1. The van der Waals surface area contributed by atoms with E-state index >= 15 is 0 Å². The Morgan fingerprint density at radius 1 is 0.978 bits per heavy atom. The number of hydrogen-bond donors (Lipinski definition) is 1. The second-order valence-corrected chi connectivity index (χ2v) is 13.9. The van der Waals surface area contributed by atoms with Gasteiger partial charge in [-0.3, -0.25) is 14.7 Å². The first-order valence-corrected chi connectivity index (χ1v) is 16.9. The van der Waals surface area contributed by atoms with Gasteiger partial charge >= 0.3 is 0 Å². The Kier molecular flexibility index (Phi) is 8.80. The van der Waals surface area contributed by atoms with Crippen LogP contribution in [0, 0.1) is 12.8 Å². The summed E-state index contributed by atoms with van der Waals surface area (Å²) in [5.74, 6) is 0.227. The number of aryl methyl sites for hydroxylation is 1. The highest BCUT2D eigenvalue weighted by Crippen LogP contribution is 2.37. The van der Waals surface area contributed by atoms with Crippen LogP contribution in [0.5, 0.6) is 0 Å². The molecule has 2 atom stereocenters. The number of benzene rings is 2. The zero-order chi connectivity index (χ0) is 31.5. The van der Waals surface area contributed by atoms with Crippen LogP contribution in [-0.4, -0.2) is 67.7 Å². The van der Waals surface area contributed by atoms with Gasteiger partial charge in [0.2, 0.25) is 5.91 Å². The lowest BCUT2D eigenvalue weighted by atomic mass is 9.78. The lowest BCUT2D eigenvalue weighted by molar-refractivity contribution is -0.142. The van der Waals surface area contributed by atoms with Crippen LogP contribution in [0.2, 0.25) is 0 Å². The molecule has 2 aromatic carbocycles. The number of aliphatic hydroxyl groups is 1. The zero-order valence-corrected chi connectivity index (χ0v) is 26.9. The van der Waals surface area contributed by atoms with E-state index in [1.54, 1.807) is 17.6 Å². The molecule has 2 fully saturated rings. The molecule has 8 nitrogen and oxygen atoms in total. The molecule has 0 unspecified atom stereocenters. The van der Waals surface area contributed by atoms with Crippen molar-refractivity contribution in [1.29, 1.82) is 0 Å². The molecule has 2 saturated heterocycles. The van der Waals surface area contributed by atoms with Crippen molar-refractivity contribution in [3.05, 3.63) is 113 Å². The minimum atomic E-state index is -0.874. The van der Waals surface area contributed by atoms with Crippen LogP contribution >= 0.6 is 11.3 Å². The van der Waals surface area contributed by atoms with Crippen molar-refractivity contribution in [2.75, 3.05) is 26.2 Å². The highest BCUT2D eigenvalue weighted by Gasteiger charge is 2.41. The molecule has 236 valence electrons. The molecule has 7 rings (SSSR count). The summed E-state index contributed by atoms with van der Waals surface area (Å²) in [6, 6.07) is 24.5. The van der Waals surface area contributed by atoms with Crippen LogP contribution in [0.25, 0.3) is 21.8 Å². The maximum absolute atomic E-state index is 14.2. The monoisotopic (exact) mass is 633 g/mol. The van der Waals surface area contributed by atoms with Gasteiger partial charge in [-0.2, -0.15) is 0 Å². The average Bonchev–Trinajstić information content (AvgIpc) is 3.79. The maximum Gasteiger partial charge on any atom is 0.226 e. The highest BCUT2D eigenvalue weighted by atomic mass is 32.1. The van der Waals surface area contributed by atoms with Gasteiger partial charge in [-0.1, -0.05) is 59.8 Å². The average molecular weight is 634 g/mol. The third-order valence-electron chi connectivity index (χ3n) is 9.59. The van der Waals surface area contributed by atoms with Crippen LogP contribution in [0.3, 0.4) is 0 Å². The van der Waals surface area contributed by atoms with Crippen LogP contribution in [0.1, 0.15) is 46.9 Å². The van der Waals surface area contributed by atoms with Crippen molar-refractivity contribution in [1.82, 2.24) is 24.9 Å². The molecule has 46 heavy (non-hydrogen) atoms. The summed E-state index contributed by atoms with van der Waals surface area (Å²) >= 11 is 1.71. The number of nitrogens with zero attached hydrogens (tertiary/aromatic N) is 5. The summed E-state index contributed by atoms with van der Waals surface area (Å²) in [7, 11) is 0. The number of hydrogen-bond acceptors (Lipinski definition) is 8. The Balaban J connectivity index is 1.01. The Bertz CT molecular complexity index is 1750. The van der Waals surface area contributed by atoms with Crippen LogP contribution in [0.4, 0.5) is 0 Å². The minimum Gasteiger partial charge on any atom is -0.389 e. The van der Waals surface area contributed by atoms with E-state index < -0.39 is 5.60 Å². The number of rotatable bonds is 8. The predicted octanol–water partition coefficient (Wildman–Crippen LogP) is 6.37. The Morgan fingerprint density at radius 2 is 1.78 bits per heavy atom. The van der Waals surface area contributed by atoms with Gasteiger partial charge in [-0.15, -0.1) is 11.3 Å². The van der Waals surface area contributed by atoms with Crippen molar-refractivity contribution in [2.24, 2.45) is 5.92 Å². The highest BCUT2D eigenvalue weighted by molar-refractivity contribution is 7.15. The second-order valence-electron chi connectivity index (χ2n) is 12.7. The Morgan fingerprint density at radius 3 is 2.54 bits per heavy atom. The van der Waals surface area contributed by atoms with Gasteiger partial charge in [0.15, 0.2) is 0 Å². The summed E-state index contributed by atoms with van der Waals surface area (Å²) in [5.41, 5.74) is 5.15. The van der Waals surface area contributed by atoms with Crippen molar-refractivity contribution >= 4 is 17.2 Å². The fraction of sp³-hybridized carbons (Fsp3) is 0.351. The lowest BCUT2D eigenvalue weighted by Crippen LogP contribution is -2.52. The van der Waals surface area contributed by atoms with Gasteiger partial charge in [0.1, 0.15) is 17.0 Å². The maximum atomic E-state index is 14.2. The molecule has 5 heterocycles. The predicted molar refractivity (Wildman–Crippen MR) is 179 cm³/mol. The number of pyridine rings is 1. The molecule has 2 aliphatic heterocycles. The molecule has 5 aromatic rings. The van der Waals surface area contributed by atoms with E-state index in [1.165, 1.54) is 10.4 Å². The fourth-order valence-corrected chi connectivity index (χ4v) is 7.96. The molecule has 0 bridgehead atoms. The van der Waals surface area contributed by atoms with Gasteiger partial charge in [-0.25, -0.2) is 4.98 Å². The van der Waals surface area contributed by atoms with E-state index in [4.69, 9.17) is 4.52 Å².